The van der Waals surface area contributed by atoms with E-state index in [1.165, 1.54) is 11.8 Å². The van der Waals surface area contributed by atoms with E-state index in [1.54, 1.807) is 45.3 Å². The molecule has 0 aliphatic carbocycles. The lowest BCUT2D eigenvalue weighted by Gasteiger charge is -2.29. The fourth-order valence-electron chi connectivity index (χ4n) is 4.76. The summed E-state index contributed by atoms with van der Waals surface area (Å²) in [6, 6.07) is 10.5. The number of aromatic nitrogens is 1. The molecule has 1 aromatic heterocycles. The number of nitrogens with zero attached hydrogens (tertiary/aromatic N) is 1. The van der Waals surface area contributed by atoms with E-state index in [2.05, 4.69) is 26.3 Å². The monoisotopic (exact) mass is 657 g/mol. The quantitative estimate of drug-likeness (QED) is 0.134. The van der Waals surface area contributed by atoms with Crippen molar-refractivity contribution in [3.63, 3.8) is 0 Å². The van der Waals surface area contributed by atoms with E-state index in [4.69, 9.17) is 0 Å². The van der Waals surface area contributed by atoms with Crippen molar-refractivity contribution in [1.29, 1.82) is 0 Å². The number of hydrogen-bond acceptors (Lipinski definition) is 8. The minimum Gasteiger partial charge on any atom is -0.391 e. The van der Waals surface area contributed by atoms with Gasteiger partial charge >= 0.3 is 0 Å². The van der Waals surface area contributed by atoms with Gasteiger partial charge < -0.3 is 31.5 Å². The molecule has 0 saturated heterocycles. The maximum atomic E-state index is 13.5. The highest BCUT2D eigenvalue weighted by Crippen LogP contribution is 2.16. The summed E-state index contributed by atoms with van der Waals surface area (Å²) in [6.07, 6.45) is 3.41. The number of thioether (sulfide) groups is 1. The Labute approximate surface area is 277 Å². The summed E-state index contributed by atoms with van der Waals surface area (Å²) in [6.45, 7) is 9.07. The van der Waals surface area contributed by atoms with Gasteiger partial charge in [-0.1, -0.05) is 65.0 Å². The second kappa shape index (κ2) is 19.9. The van der Waals surface area contributed by atoms with Crippen LogP contribution in [0.15, 0.2) is 54.9 Å². The summed E-state index contributed by atoms with van der Waals surface area (Å²) < 4.78 is 0. The fraction of sp³-hybridized carbons (Fsp3) is 0.559. The number of hydrogen-bond donors (Lipinski definition) is 6. The van der Waals surface area contributed by atoms with Crippen molar-refractivity contribution in [3.8, 4) is 0 Å². The van der Waals surface area contributed by atoms with Gasteiger partial charge in [0.1, 0.15) is 18.2 Å². The van der Waals surface area contributed by atoms with Crippen molar-refractivity contribution in [2.24, 2.45) is 17.8 Å². The maximum absolute atomic E-state index is 13.5. The Morgan fingerprint density at radius 3 is 2.02 bits per heavy atom. The first-order valence-electron chi connectivity index (χ1n) is 15.8. The van der Waals surface area contributed by atoms with Crippen molar-refractivity contribution in [2.45, 2.75) is 90.8 Å². The SMILES string of the molecule is CSCC[C@H](NC(=O)[C@@H](O)C(C)C)C(=O)N[C@@H](Cc1ccccc1)[C@@H](O)C[C@@H](C)C(=O)N[C@H](C(=O)NCc1ccncc1)C(C)C. The van der Waals surface area contributed by atoms with E-state index in [-0.39, 0.29) is 30.6 Å². The summed E-state index contributed by atoms with van der Waals surface area (Å²) in [5.74, 6) is -2.44. The lowest BCUT2D eigenvalue weighted by molar-refractivity contribution is -0.136. The molecule has 0 fully saturated rings. The zero-order valence-electron chi connectivity index (χ0n) is 27.7. The molecule has 1 heterocycles. The molecule has 0 bridgehead atoms. The third kappa shape index (κ3) is 13.1. The number of pyridine rings is 1. The van der Waals surface area contributed by atoms with Crippen LogP contribution in [-0.2, 0) is 32.1 Å². The molecule has 0 aliphatic rings. The first-order valence-corrected chi connectivity index (χ1v) is 17.2. The Morgan fingerprint density at radius 1 is 0.783 bits per heavy atom. The molecule has 6 atom stereocenters. The van der Waals surface area contributed by atoms with Gasteiger partial charge in [0.15, 0.2) is 0 Å². The molecule has 1 aromatic carbocycles. The minimum atomic E-state index is -1.26. The van der Waals surface area contributed by atoms with Gasteiger partial charge in [-0.25, -0.2) is 0 Å². The largest absolute Gasteiger partial charge is 0.391 e. The Balaban J connectivity index is 2.14. The molecule has 0 aliphatic heterocycles. The number of rotatable bonds is 19. The van der Waals surface area contributed by atoms with Crippen LogP contribution in [0, 0.1) is 17.8 Å². The zero-order chi connectivity index (χ0) is 34.2. The van der Waals surface area contributed by atoms with Gasteiger partial charge in [0.2, 0.25) is 23.6 Å². The number of nitrogens with one attached hydrogen (secondary N) is 4. The fourth-order valence-corrected chi connectivity index (χ4v) is 5.23. The first-order chi connectivity index (χ1) is 21.8. The highest BCUT2D eigenvalue weighted by atomic mass is 32.2. The molecule has 2 rings (SSSR count). The van der Waals surface area contributed by atoms with Gasteiger partial charge in [-0.3, -0.25) is 24.2 Å². The topological polar surface area (TPSA) is 170 Å². The van der Waals surface area contributed by atoms with Crippen LogP contribution in [0.5, 0.6) is 0 Å². The summed E-state index contributed by atoms with van der Waals surface area (Å²) in [4.78, 5) is 56.3. The van der Waals surface area contributed by atoms with Crippen LogP contribution in [0.1, 0.15) is 58.6 Å². The molecule has 0 radical (unpaired) electrons. The van der Waals surface area contributed by atoms with Crippen molar-refractivity contribution < 1.29 is 29.4 Å². The lowest BCUT2D eigenvalue weighted by atomic mass is 9.92. The lowest BCUT2D eigenvalue weighted by Crippen LogP contribution is -2.55. The van der Waals surface area contributed by atoms with Crippen molar-refractivity contribution in [3.05, 3.63) is 66.0 Å². The van der Waals surface area contributed by atoms with E-state index in [1.807, 2.05) is 50.4 Å². The van der Waals surface area contributed by atoms with E-state index in [0.29, 0.717) is 18.7 Å². The molecule has 0 unspecified atom stereocenters. The van der Waals surface area contributed by atoms with Crippen molar-refractivity contribution in [2.75, 3.05) is 12.0 Å². The number of aliphatic hydroxyl groups is 2. The van der Waals surface area contributed by atoms with Crippen LogP contribution in [0.2, 0.25) is 0 Å². The molecule has 0 spiro atoms. The van der Waals surface area contributed by atoms with Gasteiger partial charge in [0.25, 0.3) is 0 Å². The number of benzene rings is 1. The molecule has 6 N–H and O–H groups in total. The average molecular weight is 658 g/mol. The van der Waals surface area contributed by atoms with Crippen LogP contribution in [0.3, 0.4) is 0 Å². The van der Waals surface area contributed by atoms with Crippen LogP contribution in [-0.4, -0.2) is 81.2 Å². The van der Waals surface area contributed by atoms with E-state index < -0.39 is 54.0 Å². The number of carbonyl (C=O) groups excluding carboxylic acids is 4. The molecular formula is C34H51N5O6S. The van der Waals surface area contributed by atoms with Gasteiger partial charge in [-0.2, -0.15) is 11.8 Å². The van der Waals surface area contributed by atoms with Crippen LogP contribution >= 0.6 is 11.8 Å². The number of aliphatic hydroxyl groups excluding tert-OH is 2. The van der Waals surface area contributed by atoms with Gasteiger partial charge in [0, 0.05) is 24.9 Å². The summed E-state index contributed by atoms with van der Waals surface area (Å²) in [5.41, 5.74) is 1.75. The number of carbonyl (C=O) groups is 4. The van der Waals surface area contributed by atoms with Crippen molar-refractivity contribution in [1.82, 2.24) is 26.3 Å². The molecule has 2 aromatic rings. The molecule has 46 heavy (non-hydrogen) atoms. The average Bonchev–Trinajstić information content (AvgIpc) is 3.03. The molecule has 254 valence electrons. The standard InChI is InChI=1S/C34H51N5O6S/c1-21(2)29(33(44)36-20-25-12-15-35-16-13-25)39-31(42)23(5)18-28(40)27(19-24-10-8-7-9-11-24)38-32(43)26(14-17-46-6)37-34(45)30(41)22(3)4/h7-13,15-16,21-23,26-30,40-41H,14,17-20H2,1-6H3,(H,36,44)(H,37,45)(H,38,43)(H,39,42)/t23-,26+,27+,28+,29+,30+/m1/s1. The molecule has 12 heteroatoms. The van der Waals surface area contributed by atoms with E-state index >= 15 is 0 Å². The third-order valence-corrected chi connectivity index (χ3v) is 8.38. The van der Waals surface area contributed by atoms with Crippen LogP contribution < -0.4 is 21.3 Å². The Bertz CT molecular complexity index is 1230. The number of amides is 4. The third-order valence-electron chi connectivity index (χ3n) is 7.74. The summed E-state index contributed by atoms with van der Waals surface area (Å²) >= 11 is 1.52. The summed E-state index contributed by atoms with van der Waals surface area (Å²) in [7, 11) is 0. The molecule has 0 saturated carbocycles. The highest BCUT2D eigenvalue weighted by molar-refractivity contribution is 7.98. The highest BCUT2D eigenvalue weighted by Gasteiger charge is 2.32. The van der Waals surface area contributed by atoms with E-state index in [9.17, 15) is 29.4 Å². The summed E-state index contributed by atoms with van der Waals surface area (Å²) in [5, 5.41) is 32.9. The molecule has 4 amide bonds. The second-order valence-corrected chi connectivity index (χ2v) is 13.3. The first kappa shape index (κ1) is 38.7. The van der Waals surface area contributed by atoms with Crippen LogP contribution in [0.25, 0.3) is 0 Å². The van der Waals surface area contributed by atoms with Crippen molar-refractivity contribution >= 4 is 35.4 Å². The predicted octanol–water partition coefficient (Wildman–Crippen LogP) is 2.21. The molecule has 11 nitrogen and oxygen atoms in total. The predicted molar refractivity (Wildman–Crippen MR) is 180 cm³/mol. The van der Waals surface area contributed by atoms with Gasteiger partial charge in [-0.15, -0.1) is 0 Å². The van der Waals surface area contributed by atoms with Crippen LogP contribution in [0.4, 0.5) is 0 Å². The normalized spacial score (nSPS) is 15.3. The minimum absolute atomic E-state index is 0.0148. The van der Waals surface area contributed by atoms with Gasteiger partial charge in [0.05, 0.1) is 12.1 Å². The Kier molecular flexibility index (Phi) is 16.7. The Hall–Kier alpha value is -3.48. The smallest absolute Gasteiger partial charge is 0.249 e. The zero-order valence-corrected chi connectivity index (χ0v) is 28.5. The molecular weight excluding hydrogens is 606 g/mol. The Morgan fingerprint density at radius 2 is 1.43 bits per heavy atom. The second-order valence-electron chi connectivity index (χ2n) is 12.3. The maximum Gasteiger partial charge on any atom is 0.249 e. The van der Waals surface area contributed by atoms with E-state index in [0.717, 1.165) is 11.1 Å². The van der Waals surface area contributed by atoms with Gasteiger partial charge in [-0.05, 0) is 66.4 Å².